The standard InChI is InChI=1S/C10H14O/c1-5-7-10(6-2)8-9(3)11-4/h5-8H,1-2H2,3-4H3/b9-8-,10-7-. The molecule has 0 amide bonds. The smallest absolute Gasteiger partial charge is 0.0930 e. The molecule has 1 heteroatoms. The predicted octanol–water partition coefficient (Wildman–Crippen LogP) is 2.84. The van der Waals surface area contributed by atoms with E-state index in [1.807, 2.05) is 19.1 Å². The number of rotatable bonds is 4. The molecule has 0 N–H and O–H groups in total. The summed E-state index contributed by atoms with van der Waals surface area (Å²) in [6.07, 6.45) is 7.24. The maximum absolute atomic E-state index is 4.97. The minimum Gasteiger partial charge on any atom is -0.501 e. The number of hydrogen-bond acceptors (Lipinski definition) is 1. The summed E-state index contributed by atoms with van der Waals surface area (Å²) in [5.41, 5.74) is 0.999. The Morgan fingerprint density at radius 1 is 1.36 bits per heavy atom. The highest BCUT2D eigenvalue weighted by Gasteiger charge is 1.86. The molecule has 0 aliphatic carbocycles. The lowest BCUT2D eigenvalue weighted by molar-refractivity contribution is 0.293. The summed E-state index contributed by atoms with van der Waals surface area (Å²) in [5, 5.41) is 0. The van der Waals surface area contributed by atoms with Gasteiger partial charge in [0.15, 0.2) is 0 Å². The van der Waals surface area contributed by atoms with Crippen LogP contribution in [0.25, 0.3) is 0 Å². The Bertz CT molecular complexity index is 197. The van der Waals surface area contributed by atoms with Crippen LogP contribution in [0.15, 0.2) is 48.8 Å². The van der Waals surface area contributed by atoms with E-state index in [1.54, 1.807) is 19.3 Å². The first-order valence-corrected chi connectivity index (χ1v) is 3.42. The summed E-state index contributed by atoms with van der Waals surface area (Å²) >= 11 is 0. The first kappa shape index (κ1) is 9.76. The van der Waals surface area contributed by atoms with Gasteiger partial charge in [0.25, 0.3) is 0 Å². The Labute approximate surface area is 68.4 Å². The topological polar surface area (TPSA) is 9.23 Å². The van der Waals surface area contributed by atoms with Crippen molar-refractivity contribution in [3.05, 3.63) is 48.8 Å². The van der Waals surface area contributed by atoms with E-state index >= 15 is 0 Å². The van der Waals surface area contributed by atoms with Gasteiger partial charge in [0.1, 0.15) is 0 Å². The van der Waals surface area contributed by atoms with Crippen molar-refractivity contribution in [2.45, 2.75) is 6.92 Å². The lowest BCUT2D eigenvalue weighted by atomic mass is 10.2. The molecule has 0 atom stereocenters. The summed E-state index contributed by atoms with van der Waals surface area (Å²) < 4.78 is 4.97. The molecule has 0 aliphatic heterocycles. The van der Waals surface area contributed by atoms with E-state index in [1.165, 1.54) is 0 Å². The van der Waals surface area contributed by atoms with Gasteiger partial charge in [-0.05, 0) is 18.6 Å². The Balaban J connectivity index is 4.41. The summed E-state index contributed by atoms with van der Waals surface area (Å²) in [6, 6.07) is 0. The van der Waals surface area contributed by atoms with Crippen LogP contribution in [0.3, 0.4) is 0 Å². The SMILES string of the molecule is C=C/C=C(C=C)\C=C(\C)OC. The Kier molecular flexibility index (Phi) is 4.91. The molecular formula is C10H14O. The molecule has 0 spiro atoms. The minimum absolute atomic E-state index is 0.859. The molecule has 11 heavy (non-hydrogen) atoms. The second-order valence-electron chi connectivity index (χ2n) is 2.07. The van der Waals surface area contributed by atoms with E-state index in [-0.39, 0.29) is 0 Å². The predicted molar refractivity (Wildman–Crippen MR) is 49.2 cm³/mol. The van der Waals surface area contributed by atoms with E-state index in [4.69, 9.17) is 4.74 Å². The van der Waals surface area contributed by atoms with E-state index in [0.29, 0.717) is 0 Å². The molecule has 0 rings (SSSR count). The minimum atomic E-state index is 0.859. The van der Waals surface area contributed by atoms with Gasteiger partial charge in [-0.15, -0.1) is 0 Å². The van der Waals surface area contributed by atoms with E-state index in [2.05, 4.69) is 13.2 Å². The molecular weight excluding hydrogens is 136 g/mol. The van der Waals surface area contributed by atoms with Crippen LogP contribution in [0.4, 0.5) is 0 Å². The Morgan fingerprint density at radius 2 is 2.00 bits per heavy atom. The van der Waals surface area contributed by atoms with Gasteiger partial charge >= 0.3 is 0 Å². The summed E-state index contributed by atoms with van der Waals surface area (Å²) in [5.74, 6) is 0.859. The number of ether oxygens (including phenoxy) is 1. The van der Waals surface area contributed by atoms with Gasteiger partial charge < -0.3 is 4.74 Å². The fourth-order valence-corrected chi connectivity index (χ4v) is 0.605. The molecule has 0 aliphatic rings. The van der Waals surface area contributed by atoms with E-state index in [0.717, 1.165) is 11.3 Å². The second kappa shape index (κ2) is 5.54. The van der Waals surface area contributed by atoms with Crippen LogP contribution in [0, 0.1) is 0 Å². The van der Waals surface area contributed by atoms with Gasteiger partial charge in [-0.25, -0.2) is 0 Å². The van der Waals surface area contributed by atoms with Crippen molar-refractivity contribution in [1.29, 1.82) is 0 Å². The quantitative estimate of drug-likeness (QED) is 0.442. The van der Waals surface area contributed by atoms with Crippen LogP contribution in [-0.2, 0) is 4.74 Å². The van der Waals surface area contributed by atoms with Crippen LogP contribution in [0.5, 0.6) is 0 Å². The maximum Gasteiger partial charge on any atom is 0.0930 e. The van der Waals surface area contributed by atoms with Crippen molar-refractivity contribution in [1.82, 2.24) is 0 Å². The lowest BCUT2D eigenvalue weighted by Gasteiger charge is -1.97. The van der Waals surface area contributed by atoms with Crippen LogP contribution in [0.1, 0.15) is 6.92 Å². The maximum atomic E-state index is 4.97. The largest absolute Gasteiger partial charge is 0.501 e. The van der Waals surface area contributed by atoms with Crippen molar-refractivity contribution < 1.29 is 4.74 Å². The van der Waals surface area contributed by atoms with Crippen molar-refractivity contribution in [3.63, 3.8) is 0 Å². The molecule has 0 saturated heterocycles. The van der Waals surface area contributed by atoms with Gasteiger partial charge in [-0.3, -0.25) is 0 Å². The average Bonchev–Trinajstić information content (AvgIpc) is 2.03. The fourth-order valence-electron chi connectivity index (χ4n) is 0.605. The van der Waals surface area contributed by atoms with Crippen LogP contribution >= 0.6 is 0 Å². The first-order valence-electron chi connectivity index (χ1n) is 3.42. The lowest BCUT2D eigenvalue weighted by Crippen LogP contribution is -1.80. The fraction of sp³-hybridized carbons (Fsp3) is 0.200. The van der Waals surface area contributed by atoms with Gasteiger partial charge in [0, 0.05) is 0 Å². The third-order valence-electron chi connectivity index (χ3n) is 1.24. The zero-order valence-corrected chi connectivity index (χ0v) is 7.13. The summed E-state index contributed by atoms with van der Waals surface area (Å²) in [6.45, 7) is 9.13. The molecule has 0 aromatic heterocycles. The zero-order chi connectivity index (χ0) is 8.69. The van der Waals surface area contributed by atoms with Crippen molar-refractivity contribution in [2.75, 3.05) is 7.11 Å². The summed E-state index contributed by atoms with van der Waals surface area (Å²) in [7, 11) is 1.64. The molecule has 0 heterocycles. The highest BCUT2D eigenvalue weighted by atomic mass is 16.5. The van der Waals surface area contributed by atoms with Gasteiger partial charge in [0.05, 0.1) is 12.9 Å². The zero-order valence-electron chi connectivity index (χ0n) is 7.13. The molecule has 0 fully saturated rings. The molecule has 60 valence electrons. The molecule has 0 aromatic rings. The monoisotopic (exact) mass is 150 g/mol. The first-order chi connectivity index (χ1) is 5.24. The molecule has 0 aromatic carbocycles. The van der Waals surface area contributed by atoms with Crippen LogP contribution in [0.2, 0.25) is 0 Å². The summed E-state index contributed by atoms with van der Waals surface area (Å²) in [4.78, 5) is 0. The van der Waals surface area contributed by atoms with Gasteiger partial charge in [-0.2, -0.15) is 0 Å². The number of allylic oxidation sites excluding steroid dienone is 6. The van der Waals surface area contributed by atoms with Crippen molar-refractivity contribution in [2.24, 2.45) is 0 Å². The molecule has 0 saturated carbocycles. The average molecular weight is 150 g/mol. The highest BCUT2D eigenvalue weighted by molar-refractivity contribution is 5.32. The second-order valence-corrected chi connectivity index (χ2v) is 2.07. The van der Waals surface area contributed by atoms with Crippen LogP contribution in [-0.4, -0.2) is 7.11 Å². The molecule has 0 radical (unpaired) electrons. The van der Waals surface area contributed by atoms with E-state index in [9.17, 15) is 0 Å². The third-order valence-corrected chi connectivity index (χ3v) is 1.24. The highest BCUT2D eigenvalue weighted by Crippen LogP contribution is 2.03. The number of methoxy groups -OCH3 is 1. The van der Waals surface area contributed by atoms with Crippen molar-refractivity contribution >= 4 is 0 Å². The van der Waals surface area contributed by atoms with E-state index < -0.39 is 0 Å². The van der Waals surface area contributed by atoms with Gasteiger partial charge in [-0.1, -0.05) is 31.4 Å². The Hall–Kier alpha value is -1.24. The van der Waals surface area contributed by atoms with Crippen molar-refractivity contribution in [3.8, 4) is 0 Å². The molecule has 1 nitrogen and oxygen atoms in total. The molecule has 0 bridgehead atoms. The van der Waals surface area contributed by atoms with Crippen LogP contribution < -0.4 is 0 Å². The van der Waals surface area contributed by atoms with Gasteiger partial charge in [0.2, 0.25) is 0 Å². The number of hydrogen-bond donors (Lipinski definition) is 0. The normalized spacial score (nSPS) is 12.5. The Morgan fingerprint density at radius 3 is 2.36 bits per heavy atom. The molecule has 0 unspecified atom stereocenters. The third kappa shape index (κ3) is 4.20.